The molecule has 1 fully saturated rings. The van der Waals surface area contributed by atoms with Crippen LogP contribution in [0.2, 0.25) is 0 Å². The van der Waals surface area contributed by atoms with Gasteiger partial charge in [-0.25, -0.2) is 9.38 Å². The molecule has 2 aromatic rings. The minimum absolute atomic E-state index is 0. The first kappa shape index (κ1) is 18.4. The van der Waals surface area contributed by atoms with Crippen molar-refractivity contribution in [1.82, 2.24) is 9.88 Å². The lowest BCUT2D eigenvalue weighted by Gasteiger charge is -2.36. The lowest BCUT2D eigenvalue weighted by Crippen LogP contribution is -2.51. The first-order chi connectivity index (χ1) is 11.2. The largest absolute Gasteiger partial charge is 0.370 e. The molecule has 0 saturated carbocycles. The normalized spacial score (nSPS) is 15.1. The van der Waals surface area contributed by atoms with E-state index in [1.54, 1.807) is 6.20 Å². The third-order valence-electron chi connectivity index (χ3n) is 3.92. The van der Waals surface area contributed by atoms with Gasteiger partial charge in [0.05, 0.1) is 12.2 Å². The number of nitrogens with zero attached hydrogens (tertiary/aromatic N) is 4. The van der Waals surface area contributed by atoms with Crippen molar-refractivity contribution in [2.75, 3.05) is 31.1 Å². The summed E-state index contributed by atoms with van der Waals surface area (Å²) in [7, 11) is 0. The molecule has 1 aromatic carbocycles. The van der Waals surface area contributed by atoms with E-state index in [0.717, 1.165) is 37.6 Å². The number of anilines is 1. The Balaban J connectivity index is 0.00000208. The zero-order chi connectivity index (χ0) is 16.1. The topological polar surface area (TPSA) is 57.8 Å². The van der Waals surface area contributed by atoms with Crippen molar-refractivity contribution < 1.29 is 4.39 Å². The van der Waals surface area contributed by atoms with E-state index in [9.17, 15) is 4.39 Å². The molecule has 2 heterocycles. The van der Waals surface area contributed by atoms with Gasteiger partial charge >= 0.3 is 0 Å². The number of hydrogen-bond acceptors (Lipinski definition) is 3. The molecule has 0 radical (unpaired) electrons. The van der Waals surface area contributed by atoms with Gasteiger partial charge in [0.25, 0.3) is 0 Å². The smallest absolute Gasteiger partial charge is 0.191 e. The first-order valence-electron chi connectivity index (χ1n) is 7.68. The second-order valence-corrected chi connectivity index (χ2v) is 5.45. The van der Waals surface area contributed by atoms with Crippen molar-refractivity contribution in [3.8, 4) is 0 Å². The van der Waals surface area contributed by atoms with E-state index in [4.69, 9.17) is 5.73 Å². The number of aliphatic imine (C=N–C) groups is 1. The minimum atomic E-state index is -0.210. The molecule has 0 unspecified atom stereocenters. The molecule has 1 aromatic heterocycles. The molecule has 0 spiro atoms. The van der Waals surface area contributed by atoms with Crippen molar-refractivity contribution in [2.45, 2.75) is 6.54 Å². The maximum atomic E-state index is 13.0. The monoisotopic (exact) mass is 441 g/mol. The zero-order valence-corrected chi connectivity index (χ0v) is 15.6. The van der Waals surface area contributed by atoms with Crippen LogP contribution in [0.5, 0.6) is 0 Å². The molecular weight excluding hydrogens is 420 g/mol. The quantitative estimate of drug-likeness (QED) is 0.452. The standard InChI is InChI=1S/C17H20FN5.HI/c18-14-4-6-16(7-5-14)22-9-11-23(12-10-22)17(19)21-13-15-3-1-2-8-20-15;/h1-8H,9-13H2,(H2,19,21);1H. The average molecular weight is 441 g/mol. The van der Waals surface area contributed by atoms with Crippen LogP contribution in [0.4, 0.5) is 10.1 Å². The molecule has 1 aliphatic heterocycles. The Morgan fingerprint density at radius 1 is 1.08 bits per heavy atom. The third-order valence-corrected chi connectivity index (χ3v) is 3.92. The van der Waals surface area contributed by atoms with Gasteiger partial charge in [-0.3, -0.25) is 4.98 Å². The van der Waals surface area contributed by atoms with E-state index in [2.05, 4.69) is 19.8 Å². The first-order valence-corrected chi connectivity index (χ1v) is 7.68. The van der Waals surface area contributed by atoms with Crippen LogP contribution in [0.3, 0.4) is 0 Å². The van der Waals surface area contributed by atoms with Crippen molar-refractivity contribution in [3.05, 3.63) is 60.2 Å². The number of hydrogen-bond donors (Lipinski definition) is 1. The number of guanidine groups is 1. The molecule has 24 heavy (non-hydrogen) atoms. The van der Waals surface area contributed by atoms with Gasteiger partial charge in [0.2, 0.25) is 0 Å². The van der Waals surface area contributed by atoms with E-state index < -0.39 is 0 Å². The number of rotatable bonds is 3. The van der Waals surface area contributed by atoms with Gasteiger partial charge < -0.3 is 15.5 Å². The molecule has 0 aliphatic carbocycles. The summed E-state index contributed by atoms with van der Waals surface area (Å²) >= 11 is 0. The summed E-state index contributed by atoms with van der Waals surface area (Å²) in [6.07, 6.45) is 1.75. The SMILES string of the molecule is I.NC(=NCc1ccccn1)N1CCN(c2ccc(F)cc2)CC1. The fourth-order valence-corrected chi connectivity index (χ4v) is 2.60. The van der Waals surface area contributed by atoms with Crippen LogP contribution in [-0.4, -0.2) is 42.0 Å². The second-order valence-electron chi connectivity index (χ2n) is 5.45. The lowest BCUT2D eigenvalue weighted by molar-refractivity contribution is 0.380. The Labute approximate surface area is 158 Å². The molecule has 2 N–H and O–H groups in total. The summed E-state index contributed by atoms with van der Waals surface area (Å²) in [5.74, 6) is 0.340. The molecule has 1 aliphatic rings. The van der Waals surface area contributed by atoms with Gasteiger partial charge in [0.15, 0.2) is 5.96 Å². The third kappa shape index (κ3) is 4.80. The Kier molecular flexibility index (Phi) is 6.77. The second kappa shape index (κ2) is 8.81. The molecule has 5 nitrogen and oxygen atoms in total. The number of piperazine rings is 1. The van der Waals surface area contributed by atoms with Crippen LogP contribution < -0.4 is 10.6 Å². The summed E-state index contributed by atoms with van der Waals surface area (Å²) in [5, 5.41) is 0. The maximum absolute atomic E-state index is 13.0. The van der Waals surface area contributed by atoms with Crippen LogP contribution in [0.1, 0.15) is 5.69 Å². The maximum Gasteiger partial charge on any atom is 0.191 e. The highest BCUT2D eigenvalue weighted by Crippen LogP contribution is 2.16. The fourth-order valence-electron chi connectivity index (χ4n) is 2.60. The molecule has 1 saturated heterocycles. The summed E-state index contributed by atoms with van der Waals surface area (Å²) in [4.78, 5) is 12.9. The van der Waals surface area contributed by atoms with Crippen molar-refractivity contribution in [3.63, 3.8) is 0 Å². The molecule has 7 heteroatoms. The predicted octanol–water partition coefficient (Wildman–Crippen LogP) is 2.48. The molecule has 0 amide bonds. The molecule has 3 rings (SSSR count). The van der Waals surface area contributed by atoms with Crippen molar-refractivity contribution >= 4 is 35.6 Å². The summed E-state index contributed by atoms with van der Waals surface area (Å²) in [6.45, 7) is 3.77. The molecule has 0 atom stereocenters. The Morgan fingerprint density at radius 3 is 2.42 bits per heavy atom. The summed E-state index contributed by atoms with van der Waals surface area (Å²) in [6, 6.07) is 12.4. The van der Waals surface area contributed by atoms with E-state index in [1.807, 2.05) is 30.3 Å². The Morgan fingerprint density at radius 2 is 1.79 bits per heavy atom. The molecule has 0 bridgehead atoms. The van der Waals surface area contributed by atoms with Crippen LogP contribution in [-0.2, 0) is 6.54 Å². The number of benzene rings is 1. The highest BCUT2D eigenvalue weighted by Gasteiger charge is 2.18. The highest BCUT2D eigenvalue weighted by atomic mass is 127. The number of halogens is 2. The number of pyridine rings is 1. The van der Waals surface area contributed by atoms with Crippen LogP contribution >= 0.6 is 24.0 Å². The van der Waals surface area contributed by atoms with Gasteiger partial charge in [0, 0.05) is 38.1 Å². The molecule has 128 valence electrons. The van der Waals surface area contributed by atoms with Crippen LogP contribution in [0.25, 0.3) is 0 Å². The Hall–Kier alpha value is -1.90. The van der Waals surface area contributed by atoms with Gasteiger partial charge in [0.1, 0.15) is 5.82 Å². The van der Waals surface area contributed by atoms with Gasteiger partial charge in [-0.05, 0) is 36.4 Å². The van der Waals surface area contributed by atoms with E-state index in [-0.39, 0.29) is 29.8 Å². The van der Waals surface area contributed by atoms with E-state index in [1.165, 1.54) is 12.1 Å². The van der Waals surface area contributed by atoms with Crippen LogP contribution in [0, 0.1) is 5.82 Å². The molecular formula is C17H21FIN5. The number of aromatic nitrogens is 1. The minimum Gasteiger partial charge on any atom is -0.370 e. The van der Waals surface area contributed by atoms with E-state index in [0.29, 0.717) is 12.5 Å². The van der Waals surface area contributed by atoms with E-state index >= 15 is 0 Å². The fraction of sp³-hybridized carbons (Fsp3) is 0.294. The average Bonchev–Trinajstić information content (AvgIpc) is 2.61. The lowest BCUT2D eigenvalue weighted by atomic mass is 10.2. The summed E-state index contributed by atoms with van der Waals surface area (Å²) < 4.78 is 13.0. The van der Waals surface area contributed by atoms with Crippen molar-refractivity contribution in [2.24, 2.45) is 10.7 Å². The predicted molar refractivity (Wildman–Crippen MR) is 105 cm³/mol. The van der Waals surface area contributed by atoms with Gasteiger partial charge in [-0.2, -0.15) is 0 Å². The van der Waals surface area contributed by atoms with Crippen LogP contribution in [0.15, 0.2) is 53.7 Å². The highest BCUT2D eigenvalue weighted by molar-refractivity contribution is 14.0. The zero-order valence-electron chi connectivity index (χ0n) is 13.3. The van der Waals surface area contributed by atoms with Crippen molar-refractivity contribution in [1.29, 1.82) is 0 Å². The Bertz CT molecular complexity index is 654. The van der Waals surface area contributed by atoms with Gasteiger partial charge in [-0.15, -0.1) is 24.0 Å². The van der Waals surface area contributed by atoms with Gasteiger partial charge in [-0.1, -0.05) is 6.07 Å². The number of nitrogens with two attached hydrogens (primary N) is 1. The summed E-state index contributed by atoms with van der Waals surface area (Å²) in [5.41, 5.74) is 8.02.